The van der Waals surface area contributed by atoms with E-state index in [4.69, 9.17) is 9.47 Å². The Labute approximate surface area is 87.7 Å². The topological polar surface area (TPSA) is 35.5 Å². The van der Waals surface area contributed by atoms with Crippen molar-refractivity contribution < 1.29 is 14.3 Å². The van der Waals surface area contributed by atoms with Gasteiger partial charge in [0.2, 0.25) is 0 Å². The van der Waals surface area contributed by atoms with E-state index in [-0.39, 0.29) is 5.97 Å². The maximum atomic E-state index is 10.7. The predicted molar refractivity (Wildman–Crippen MR) is 60.1 cm³/mol. The summed E-state index contributed by atoms with van der Waals surface area (Å²) in [4.78, 5) is 10.7. The molecule has 0 bridgehead atoms. The first kappa shape index (κ1) is 13.4. The highest BCUT2D eigenvalue weighted by Crippen LogP contribution is 2.00. The molecular weight excluding hydrogens is 196 g/mol. The van der Waals surface area contributed by atoms with Crippen LogP contribution in [-0.4, -0.2) is 34.2 Å². The summed E-state index contributed by atoms with van der Waals surface area (Å²) in [5.41, 5.74) is 0. The number of ether oxygens (including phenoxy) is 2. The Kier molecular flexibility index (Phi) is 8.57. The molecule has 0 aliphatic heterocycles. The first-order chi connectivity index (χ1) is 6.74. The molecule has 0 fully saturated rings. The summed E-state index contributed by atoms with van der Waals surface area (Å²) in [6.07, 6.45) is 2.09. The van der Waals surface area contributed by atoms with Crippen molar-refractivity contribution in [1.82, 2.24) is 0 Å². The predicted octanol–water partition coefficient (Wildman–Crippen LogP) is 1.54. The molecule has 0 aromatic carbocycles. The van der Waals surface area contributed by atoms with E-state index in [1.807, 2.05) is 6.92 Å². The van der Waals surface area contributed by atoms with E-state index in [0.29, 0.717) is 6.61 Å². The molecule has 0 aromatic rings. The molecule has 14 heavy (non-hydrogen) atoms. The van der Waals surface area contributed by atoms with E-state index in [1.54, 1.807) is 0 Å². The van der Waals surface area contributed by atoms with Crippen LogP contribution in [0.4, 0.5) is 0 Å². The molecule has 0 saturated heterocycles. The number of hydrogen-bond acceptors (Lipinski definition) is 3. The lowest BCUT2D eigenvalue weighted by Crippen LogP contribution is -2.22. The molecular formula is C10H20O3Si. The number of carbonyl (C=O) groups is 1. The van der Waals surface area contributed by atoms with Crippen LogP contribution < -0.4 is 0 Å². The van der Waals surface area contributed by atoms with Gasteiger partial charge in [-0.15, -0.1) is 0 Å². The van der Waals surface area contributed by atoms with Crippen LogP contribution in [0.3, 0.4) is 0 Å². The van der Waals surface area contributed by atoms with Gasteiger partial charge in [0.25, 0.3) is 0 Å². The highest BCUT2D eigenvalue weighted by atomic mass is 28.3. The van der Waals surface area contributed by atoms with E-state index in [1.165, 1.54) is 12.1 Å². The molecule has 0 heterocycles. The zero-order chi connectivity index (χ0) is 10.8. The lowest BCUT2D eigenvalue weighted by molar-refractivity contribution is -0.137. The highest BCUT2D eigenvalue weighted by molar-refractivity contribution is 6.58. The third-order valence-electron chi connectivity index (χ3n) is 2.07. The normalized spacial score (nSPS) is 12.1. The van der Waals surface area contributed by atoms with Crippen molar-refractivity contribution >= 4 is 14.8 Å². The van der Waals surface area contributed by atoms with Gasteiger partial charge in [-0.25, -0.2) is 4.79 Å². The molecule has 0 radical (unpaired) electrons. The van der Waals surface area contributed by atoms with Crippen molar-refractivity contribution in [1.29, 1.82) is 0 Å². The zero-order valence-corrected chi connectivity index (χ0v) is 10.3. The van der Waals surface area contributed by atoms with Crippen LogP contribution in [-0.2, 0) is 14.3 Å². The molecule has 3 nitrogen and oxygen atoms in total. The second-order valence-corrected chi connectivity index (χ2v) is 6.55. The van der Waals surface area contributed by atoms with Crippen LogP contribution in [0.15, 0.2) is 12.7 Å². The molecule has 0 spiro atoms. The van der Waals surface area contributed by atoms with Gasteiger partial charge in [-0.2, -0.15) is 0 Å². The average molecular weight is 216 g/mol. The molecule has 0 amide bonds. The molecule has 0 aliphatic carbocycles. The average Bonchev–Trinajstić information content (AvgIpc) is 2.22. The first-order valence-corrected chi connectivity index (χ1v) is 7.56. The van der Waals surface area contributed by atoms with Crippen LogP contribution in [0.1, 0.15) is 13.8 Å². The van der Waals surface area contributed by atoms with Crippen molar-refractivity contribution in [3.8, 4) is 0 Å². The van der Waals surface area contributed by atoms with Gasteiger partial charge in [-0.1, -0.05) is 19.5 Å². The monoisotopic (exact) mass is 216 g/mol. The van der Waals surface area contributed by atoms with Crippen molar-refractivity contribution in [3.05, 3.63) is 12.7 Å². The summed E-state index contributed by atoms with van der Waals surface area (Å²) in [7, 11) is -0.834. The summed E-state index contributed by atoms with van der Waals surface area (Å²) < 4.78 is 10.3. The standard InChI is InChI=1S/C10H20O3Si/c1-4-10(11)13-7-8-14(6-3)9-12-5-2/h4,14H,1,5-9H2,2-3H3. The third-order valence-corrected chi connectivity index (χ3v) is 4.99. The Hall–Kier alpha value is -0.613. The summed E-state index contributed by atoms with van der Waals surface area (Å²) in [6.45, 7) is 8.80. The van der Waals surface area contributed by atoms with Gasteiger partial charge < -0.3 is 9.47 Å². The maximum absolute atomic E-state index is 10.7. The Bertz CT molecular complexity index is 171. The fourth-order valence-corrected chi connectivity index (χ4v) is 2.91. The van der Waals surface area contributed by atoms with Crippen LogP contribution in [0.5, 0.6) is 0 Å². The minimum absolute atomic E-state index is 0.328. The van der Waals surface area contributed by atoms with Crippen molar-refractivity contribution in [3.63, 3.8) is 0 Å². The fraction of sp³-hybridized carbons (Fsp3) is 0.700. The first-order valence-electron chi connectivity index (χ1n) is 5.11. The van der Waals surface area contributed by atoms with Crippen molar-refractivity contribution in [2.45, 2.75) is 25.9 Å². The van der Waals surface area contributed by atoms with E-state index < -0.39 is 8.80 Å². The molecule has 0 rings (SSSR count). The molecule has 0 aromatic heterocycles. The number of hydrogen-bond donors (Lipinski definition) is 0. The number of rotatable bonds is 8. The molecule has 0 aliphatic rings. The van der Waals surface area contributed by atoms with Gasteiger partial charge in [-0.3, -0.25) is 0 Å². The van der Waals surface area contributed by atoms with Gasteiger partial charge in [0, 0.05) is 18.9 Å². The molecule has 1 unspecified atom stereocenters. The van der Waals surface area contributed by atoms with Crippen molar-refractivity contribution in [2.75, 3.05) is 19.4 Å². The third kappa shape index (κ3) is 6.86. The second kappa shape index (κ2) is 8.96. The van der Waals surface area contributed by atoms with E-state index in [0.717, 1.165) is 18.9 Å². The lowest BCUT2D eigenvalue weighted by atomic mass is 10.6. The molecule has 1 atom stereocenters. The molecule has 0 saturated carbocycles. The quantitative estimate of drug-likeness (QED) is 0.351. The fourth-order valence-electron chi connectivity index (χ4n) is 1.07. The zero-order valence-electron chi connectivity index (χ0n) is 9.12. The number of carbonyl (C=O) groups excluding carboxylic acids is 1. The summed E-state index contributed by atoms with van der Waals surface area (Å²) in [6, 6.07) is 2.18. The Balaban J connectivity index is 3.51. The smallest absolute Gasteiger partial charge is 0.330 e. The van der Waals surface area contributed by atoms with E-state index in [9.17, 15) is 4.79 Å². The van der Waals surface area contributed by atoms with Crippen LogP contribution in [0, 0.1) is 0 Å². The van der Waals surface area contributed by atoms with Gasteiger partial charge in [0.15, 0.2) is 0 Å². The largest absolute Gasteiger partial charge is 0.463 e. The van der Waals surface area contributed by atoms with E-state index in [2.05, 4.69) is 13.5 Å². The van der Waals surface area contributed by atoms with Crippen molar-refractivity contribution in [2.24, 2.45) is 0 Å². The van der Waals surface area contributed by atoms with Crippen LogP contribution >= 0.6 is 0 Å². The molecule has 0 N–H and O–H groups in total. The summed E-state index contributed by atoms with van der Waals surface area (Å²) in [5.74, 6) is -0.328. The molecule has 82 valence electrons. The minimum Gasteiger partial charge on any atom is -0.463 e. The van der Waals surface area contributed by atoms with Gasteiger partial charge in [0.05, 0.1) is 15.4 Å². The highest BCUT2D eigenvalue weighted by Gasteiger charge is 2.08. The maximum Gasteiger partial charge on any atom is 0.330 e. The minimum atomic E-state index is -0.834. The summed E-state index contributed by atoms with van der Waals surface area (Å²) in [5, 5.41) is 0. The lowest BCUT2D eigenvalue weighted by Gasteiger charge is -2.12. The van der Waals surface area contributed by atoms with Gasteiger partial charge in [0.1, 0.15) is 0 Å². The van der Waals surface area contributed by atoms with Crippen LogP contribution in [0.2, 0.25) is 12.1 Å². The van der Waals surface area contributed by atoms with Gasteiger partial charge in [-0.05, 0) is 13.0 Å². The number of esters is 1. The Morgan fingerprint density at radius 1 is 1.50 bits per heavy atom. The Morgan fingerprint density at radius 3 is 2.71 bits per heavy atom. The second-order valence-electron chi connectivity index (χ2n) is 3.09. The Morgan fingerprint density at radius 2 is 2.21 bits per heavy atom. The van der Waals surface area contributed by atoms with Crippen LogP contribution in [0.25, 0.3) is 0 Å². The van der Waals surface area contributed by atoms with Gasteiger partial charge >= 0.3 is 5.97 Å². The van der Waals surface area contributed by atoms with E-state index >= 15 is 0 Å². The molecule has 4 heteroatoms. The summed E-state index contributed by atoms with van der Waals surface area (Å²) >= 11 is 0. The SMILES string of the molecule is C=CC(=O)OCC[SiH](CC)COCC.